The van der Waals surface area contributed by atoms with E-state index in [0.717, 1.165) is 19.4 Å². The predicted octanol–water partition coefficient (Wildman–Crippen LogP) is 0.496. The molecular formula is C7H10O3. The second-order valence-corrected chi connectivity index (χ2v) is 3.01. The van der Waals surface area contributed by atoms with Crippen molar-refractivity contribution in [2.24, 2.45) is 11.8 Å². The molecule has 3 nitrogen and oxygen atoms in total. The molecule has 0 amide bonds. The molecule has 56 valence electrons. The minimum atomic E-state index is -0.683. The molecule has 2 rings (SSSR count). The van der Waals surface area contributed by atoms with Gasteiger partial charge in [0.1, 0.15) is 0 Å². The fraction of sp³-hybridized carbons (Fsp3) is 0.857. The van der Waals surface area contributed by atoms with E-state index in [9.17, 15) is 4.79 Å². The first-order chi connectivity index (χ1) is 4.80. The molecule has 1 N–H and O–H groups in total. The molecule has 0 aromatic rings. The highest BCUT2D eigenvalue weighted by Gasteiger charge is 2.57. The Morgan fingerprint density at radius 3 is 2.90 bits per heavy atom. The van der Waals surface area contributed by atoms with Gasteiger partial charge in [-0.25, -0.2) is 0 Å². The summed E-state index contributed by atoms with van der Waals surface area (Å²) in [4.78, 5) is 10.4. The van der Waals surface area contributed by atoms with Gasteiger partial charge in [-0.3, -0.25) is 4.79 Å². The third kappa shape index (κ3) is 0.736. The molecule has 0 unspecified atom stereocenters. The third-order valence-electron chi connectivity index (χ3n) is 2.37. The van der Waals surface area contributed by atoms with Crippen molar-refractivity contribution in [2.45, 2.75) is 18.9 Å². The predicted molar refractivity (Wildman–Crippen MR) is 33.6 cm³/mol. The maximum Gasteiger partial charge on any atom is 0.309 e. The van der Waals surface area contributed by atoms with Gasteiger partial charge < -0.3 is 9.84 Å². The van der Waals surface area contributed by atoms with Gasteiger partial charge in [-0.05, 0) is 12.8 Å². The Morgan fingerprint density at radius 2 is 2.40 bits per heavy atom. The number of ether oxygens (including phenoxy) is 1. The summed E-state index contributed by atoms with van der Waals surface area (Å²) in [5, 5.41) is 8.60. The Kier molecular flexibility index (Phi) is 1.20. The number of fused-ring (bicyclic) bond motifs is 1. The summed E-state index contributed by atoms with van der Waals surface area (Å²) in [6.45, 7) is 0.755. The van der Waals surface area contributed by atoms with Crippen molar-refractivity contribution < 1.29 is 14.6 Å². The van der Waals surface area contributed by atoms with Gasteiger partial charge in [0.15, 0.2) is 0 Å². The quantitative estimate of drug-likeness (QED) is 0.579. The molecule has 0 radical (unpaired) electrons. The number of hydrogen-bond acceptors (Lipinski definition) is 2. The lowest BCUT2D eigenvalue weighted by Crippen LogP contribution is -2.07. The first kappa shape index (κ1) is 6.16. The second kappa shape index (κ2) is 1.95. The van der Waals surface area contributed by atoms with E-state index in [0.29, 0.717) is 5.92 Å². The molecule has 1 aliphatic carbocycles. The number of carboxylic acids is 1. The molecule has 0 spiro atoms. The summed E-state index contributed by atoms with van der Waals surface area (Å²) in [6, 6.07) is 0. The summed E-state index contributed by atoms with van der Waals surface area (Å²) in [5.74, 6) is -0.523. The fourth-order valence-corrected chi connectivity index (χ4v) is 1.78. The van der Waals surface area contributed by atoms with E-state index in [1.165, 1.54) is 0 Å². The van der Waals surface area contributed by atoms with Crippen LogP contribution in [0.1, 0.15) is 12.8 Å². The minimum absolute atomic E-state index is 0.0613. The second-order valence-electron chi connectivity index (χ2n) is 3.01. The lowest BCUT2D eigenvalue weighted by Gasteiger charge is -2.07. The molecule has 1 aliphatic heterocycles. The minimum Gasteiger partial charge on any atom is -0.481 e. The van der Waals surface area contributed by atoms with Crippen LogP contribution in [0.2, 0.25) is 0 Å². The summed E-state index contributed by atoms with van der Waals surface area (Å²) in [7, 11) is 0. The Labute approximate surface area is 59.0 Å². The average molecular weight is 142 g/mol. The molecule has 0 aromatic heterocycles. The number of rotatable bonds is 1. The molecule has 0 aromatic carbocycles. The van der Waals surface area contributed by atoms with Crippen LogP contribution >= 0.6 is 0 Å². The van der Waals surface area contributed by atoms with E-state index in [2.05, 4.69) is 0 Å². The van der Waals surface area contributed by atoms with E-state index in [4.69, 9.17) is 9.84 Å². The van der Waals surface area contributed by atoms with Gasteiger partial charge in [-0.1, -0.05) is 0 Å². The first-order valence-electron chi connectivity index (χ1n) is 3.65. The highest BCUT2D eigenvalue weighted by atomic mass is 16.5. The molecule has 3 atom stereocenters. The molecule has 2 aliphatic rings. The standard InChI is InChI=1S/C7H10O3/c8-7(9)5-4-2-1-3-10-6(4)5/h4-6H,1-3H2,(H,8,9)/t4-,5-,6+/m0/s1. The summed E-state index contributed by atoms with van der Waals surface area (Å²) < 4.78 is 5.24. The molecule has 2 fully saturated rings. The number of hydrogen-bond donors (Lipinski definition) is 1. The van der Waals surface area contributed by atoms with Crippen molar-refractivity contribution in [1.29, 1.82) is 0 Å². The number of carbonyl (C=O) groups is 1. The highest BCUT2D eigenvalue weighted by Crippen LogP contribution is 2.47. The van der Waals surface area contributed by atoms with Gasteiger partial charge in [0.05, 0.1) is 12.0 Å². The highest BCUT2D eigenvalue weighted by molar-refractivity contribution is 5.75. The Hall–Kier alpha value is -0.570. The average Bonchev–Trinajstić information content (AvgIpc) is 2.60. The van der Waals surface area contributed by atoms with Gasteiger partial charge in [-0.2, -0.15) is 0 Å². The summed E-state index contributed by atoms with van der Waals surface area (Å²) >= 11 is 0. The lowest BCUT2D eigenvalue weighted by molar-refractivity contribution is -0.139. The molecule has 3 heteroatoms. The van der Waals surface area contributed by atoms with Crippen LogP contribution in [-0.4, -0.2) is 23.8 Å². The molecule has 1 saturated heterocycles. The molecule has 10 heavy (non-hydrogen) atoms. The first-order valence-corrected chi connectivity index (χ1v) is 3.65. The number of carboxylic acid groups (broad SMARTS) is 1. The molecule has 1 heterocycles. The normalized spacial score (nSPS) is 44.2. The van der Waals surface area contributed by atoms with E-state index < -0.39 is 5.97 Å². The zero-order chi connectivity index (χ0) is 7.14. The van der Waals surface area contributed by atoms with Gasteiger partial charge >= 0.3 is 5.97 Å². The zero-order valence-electron chi connectivity index (χ0n) is 5.62. The molecule has 1 saturated carbocycles. The van der Waals surface area contributed by atoms with Crippen LogP contribution in [0.25, 0.3) is 0 Å². The Morgan fingerprint density at radius 1 is 1.60 bits per heavy atom. The van der Waals surface area contributed by atoms with Crippen LogP contribution in [0.15, 0.2) is 0 Å². The maximum atomic E-state index is 10.4. The van der Waals surface area contributed by atoms with E-state index in [1.807, 2.05) is 0 Å². The maximum absolute atomic E-state index is 10.4. The van der Waals surface area contributed by atoms with Crippen LogP contribution in [-0.2, 0) is 9.53 Å². The van der Waals surface area contributed by atoms with Crippen LogP contribution in [0.3, 0.4) is 0 Å². The van der Waals surface area contributed by atoms with Gasteiger partial charge in [0, 0.05) is 12.5 Å². The number of aliphatic carboxylic acids is 1. The smallest absolute Gasteiger partial charge is 0.309 e. The van der Waals surface area contributed by atoms with E-state index >= 15 is 0 Å². The molecular weight excluding hydrogens is 132 g/mol. The third-order valence-corrected chi connectivity index (χ3v) is 2.37. The van der Waals surface area contributed by atoms with Crippen molar-refractivity contribution in [3.63, 3.8) is 0 Å². The van der Waals surface area contributed by atoms with Crippen molar-refractivity contribution in [3.05, 3.63) is 0 Å². The molecule has 0 bridgehead atoms. The van der Waals surface area contributed by atoms with Crippen LogP contribution < -0.4 is 0 Å². The van der Waals surface area contributed by atoms with E-state index in [1.54, 1.807) is 0 Å². The zero-order valence-corrected chi connectivity index (χ0v) is 5.62. The monoisotopic (exact) mass is 142 g/mol. The van der Waals surface area contributed by atoms with Crippen LogP contribution in [0.5, 0.6) is 0 Å². The van der Waals surface area contributed by atoms with Crippen molar-refractivity contribution in [2.75, 3.05) is 6.61 Å². The van der Waals surface area contributed by atoms with Crippen molar-refractivity contribution in [3.8, 4) is 0 Å². The van der Waals surface area contributed by atoms with Crippen LogP contribution in [0, 0.1) is 11.8 Å². The largest absolute Gasteiger partial charge is 0.481 e. The topological polar surface area (TPSA) is 46.5 Å². The van der Waals surface area contributed by atoms with E-state index in [-0.39, 0.29) is 12.0 Å². The van der Waals surface area contributed by atoms with Crippen molar-refractivity contribution >= 4 is 5.97 Å². The van der Waals surface area contributed by atoms with Crippen LogP contribution in [0.4, 0.5) is 0 Å². The van der Waals surface area contributed by atoms with Gasteiger partial charge in [0.2, 0.25) is 0 Å². The van der Waals surface area contributed by atoms with Crippen molar-refractivity contribution in [1.82, 2.24) is 0 Å². The summed E-state index contributed by atoms with van der Waals surface area (Å²) in [6.07, 6.45) is 2.14. The Balaban J connectivity index is 1.99. The Bertz CT molecular complexity index is 154. The fourth-order valence-electron chi connectivity index (χ4n) is 1.78. The summed E-state index contributed by atoms with van der Waals surface area (Å²) in [5.41, 5.74) is 0. The lowest BCUT2D eigenvalue weighted by atomic mass is 10.2. The van der Waals surface area contributed by atoms with Gasteiger partial charge in [0.25, 0.3) is 0 Å². The SMILES string of the molecule is O=C(O)[C@H]1[C@@H]2CCCO[C@H]21. The van der Waals surface area contributed by atoms with Gasteiger partial charge in [-0.15, -0.1) is 0 Å².